The van der Waals surface area contributed by atoms with E-state index < -0.39 is 0 Å². The highest BCUT2D eigenvalue weighted by Gasteiger charge is 2.14. The van der Waals surface area contributed by atoms with Gasteiger partial charge in [0.25, 0.3) is 0 Å². The second-order valence-electron chi connectivity index (χ2n) is 4.77. The molecule has 19 heavy (non-hydrogen) atoms. The molecule has 0 aliphatic carbocycles. The maximum atomic E-state index is 11.4. The zero-order valence-corrected chi connectivity index (χ0v) is 12.3. The molecule has 0 aliphatic rings. The first-order valence-electron chi connectivity index (χ1n) is 6.67. The van der Waals surface area contributed by atoms with E-state index >= 15 is 0 Å². The quantitative estimate of drug-likeness (QED) is 0.607. The van der Waals surface area contributed by atoms with Gasteiger partial charge in [-0.15, -0.1) is 0 Å². The number of carbonyl (C=O) groups excluding carboxylic acids is 1. The van der Waals surface area contributed by atoms with Gasteiger partial charge in [-0.2, -0.15) is 0 Å². The van der Waals surface area contributed by atoms with Crippen molar-refractivity contribution in [3.8, 4) is 0 Å². The van der Waals surface area contributed by atoms with E-state index in [2.05, 4.69) is 18.7 Å². The van der Waals surface area contributed by atoms with Gasteiger partial charge in [0, 0.05) is 36.6 Å². The Kier molecular flexibility index (Phi) is 5.83. The van der Waals surface area contributed by atoms with E-state index in [0.29, 0.717) is 23.9 Å². The summed E-state index contributed by atoms with van der Waals surface area (Å²) in [7, 11) is 1.70. The summed E-state index contributed by atoms with van der Waals surface area (Å²) in [5.41, 5.74) is 8.11. The molecule has 0 amide bonds. The SMILES string of the molecule is CCC(C)N(CCOC)c1ccc(C(C)=O)c(N)c1. The van der Waals surface area contributed by atoms with Crippen LogP contribution in [0.5, 0.6) is 0 Å². The van der Waals surface area contributed by atoms with Gasteiger partial charge in [0.2, 0.25) is 0 Å². The smallest absolute Gasteiger partial charge is 0.161 e. The van der Waals surface area contributed by atoms with Gasteiger partial charge in [0.15, 0.2) is 5.78 Å². The Morgan fingerprint density at radius 2 is 2.16 bits per heavy atom. The summed E-state index contributed by atoms with van der Waals surface area (Å²) >= 11 is 0. The van der Waals surface area contributed by atoms with E-state index in [9.17, 15) is 4.79 Å². The number of rotatable bonds is 7. The lowest BCUT2D eigenvalue weighted by molar-refractivity contribution is 0.101. The second kappa shape index (κ2) is 7.14. The van der Waals surface area contributed by atoms with E-state index in [1.807, 2.05) is 12.1 Å². The van der Waals surface area contributed by atoms with Crippen molar-refractivity contribution in [1.29, 1.82) is 0 Å². The zero-order chi connectivity index (χ0) is 14.4. The van der Waals surface area contributed by atoms with Crippen LogP contribution in [0.3, 0.4) is 0 Å². The zero-order valence-electron chi connectivity index (χ0n) is 12.3. The van der Waals surface area contributed by atoms with Crippen LogP contribution in [0.1, 0.15) is 37.6 Å². The van der Waals surface area contributed by atoms with Gasteiger partial charge in [-0.25, -0.2) is 0 Å². The average Bonchev–Trinajstić information content (AvgIpc) is 2.38. The Bertz CT molecular complexity index is 432. The van der Waals surface area contributed by atoms with Crippen LogP contribution in [0.4, 0.5) is 11.4 Å². The van der Waals surface area contributed by atoms with Crippen LogP contribution in [-0.4, -0.2) is 32.1 Å². The molecule has 1 unspecified atom stereocenters. The molecule has 4 heteroatoms. The average molecular weight is 264 g/mol. The predicted octanol–water partition coefficient (Wildman–Crippen LogP) is 2.72. The molecule has 0 radical (unpaired) electrons. The minimum Gasteiger partial charge on any atom is -0.398 e. The number of carbonyl (C=O) groups is 1. The number of hydrogen-bond donors (Lipinski definition) is 1. The third-order valence-electron chi connectivity index (χ3n) is 3.41. The van der Waals surface area contributed by atoms with E-state index in [1.54, 1.807) is 13.2 Å². The topological polar surface area (TPSA) is 55.6 Å². The predicted molar refractivity (Wildman–Crippen MR) is 79.8 cm³/mol. The highest BCUT2D eigenvalue weighted by molar-refractivity contribution is 5.99. The Morgan fingerprint density at radius 3 is 2.63 bits per heavy atom. The molecule has 4 nitrogen and oxygen atoms in total. The Hall–Kier alpha value is -1.55. The fourth-order valence-corrected chi connectivity index (χ4v) is 2.06. The van der Waals surface area contributed by atoms with Crippen molar-refractivity contribution < 1.29 is 9.53 Å². The molecule has 0 saturated carbocycles. The van der Waals surface area contributed by atoms with Crippen molar-refractivity contribution in [3.63, 3.8) is 0 Å². The summed E-state index contributed by atoms with van der Waals surface area (Å²) in [5, 5.41) is 0. The molecule has 2 N–H and O–H groups in total. The monoisotopic (exact) mass is 264 g/mol. The molecule has 1 rings (SSSR count). The van der Waals surface area contributed by atoms with E-state index in [0.717, 1.165) is 18.7 Å². The van der Waals surface area contributed by atoms with Gasteiger partial charge < -0.3 is 15.4 Å². The van der Waals surface area contributed by atoms with Crippen molar-refractivity contribution >= 4 is 17.2 Å². The number of nitrogens with two attached hydrogens (primary N) is 1. The molecule has 0 spiro atoms. The van der Waals surface area contributed by atoms with Crippen molar-refractivity contribution in [2.75, 3.05) is 30.9 Å². The van der Waals surface area contributed by atoms with Gasteiger partial charge in [0.1, 0.15) is 0 Å². The van der Waals surface area contributed by atoms with E-state index in [1.165, 1.54) is 6.92 Å². The summed E-state index contributed by atoms with van der Waals surface area (Å²) in [5.74, 6) is -0.00367. The van der Waals surface area contributed by atoms with Crippen LogP contribution in [0, 0.1) is 0 Å². The molecule has 0 fully saturated rings. The third kappa shape index (κ3) is 3.96. The number of methoxy groups -OCH3 is 1. The maximum absolute atomic E-state index is 11.4. The molecule has 1 aromatic rings. The van der Waals surface area contributed by atoms with Crippen molar-refractivity contribution in [1.82, 2.24) is 0 Å². The fourth-order valence-electron chi connectivity index (χ4n) is 2.06. The molecule has 1 aromatic carbocycles. The van der Waals surface area contributed by atoms with Gasteiger partial charge in [-0.05, 0) is 38.5 Å². The highest BCUT2D eigenvalue weighted by Crippen LogP contribution is 2.24. The van der Waals surface area contributed by atoms with Gasteiger partial charge in [0.05, 0.1) is 6.61 Å². The van der Waals surface area contributed by atoms with Crippen molar-refractivity contribution in [2.24, 2.45) is 0 Å². The number of ketones is 1. The van der Waals surface area contributed by atoms with Crippen LogP contribution >= 0.6 is 0 Å². The molecule has 0 heterocycles. The number of ether oxygens (including phenoxy) is 1. The first-order chi connectivity index (χ1) is 9.01. The molecular weight excluding hydrogens is 240 g/mol. The fraction of sp³-hybridized carbons (Fsp3) is 0.533. The molecule has 0 bridgehead atoms. The highest BCUT2D eigenvalue weighted by atomic mass is 16.5. The Morgan fingerprint density at radius 1 is 1.47 bits per heavy atom. The Labute approximate surface area is 115 Å². The summed E-state index contributed by atoms with van der Waals surface area (Å²) in [6.45, 7) is 7.33. The summed E-state index contributed by atoms with van der Waals surface area (Å²) < 4.78 is 5.15. The first kappa shape index (κ1) is 15.5. The molecule has 1 atom stereocenters. The maximum Gasteiger partial charge on any atom is 0.161 e. The molecule has 0 saturated heterocycles. The van der Waals surface area contributed by atoms with E-state index in [-0.39, 0.29) is 5.78 Å². The summed E-state index contributed by atoms with van der Waals surface area (Å²) in [6.07, 6.45) is 1.04. The van der Waals surface area contributed by atoms with Crippen molar-refractivity contribution in [2.45, 2.75) is 33.2 Å². The molecule has 106 valence electrons. The summed E-state index contributed by atoms with van der Waals surface area (Å²) in [6, 6.07) is 6.03. The van der Waals surface area contributed by atoms with Crippen LogP contribution in [-0.2, 0) is 4.74 Å². The first-order valence-corrected chi connectivity index (χ1v) is 6.67. The molecule has 0 aromatic heterocycles. The molecule has 0 aliphatic heterocycles. The van der Waals surface area contributed by atoms with Crippen LogP contribution in [0.15, 0.2) is 18.2 Å². The van der Waals surface area contributed by atoms with E-state index in [4.69, 9.17) is 10.5 Å². The van der Waals surface area contributed by atoms with Crippen LogP contribution < -0.4 is 10.6 Å². The Balaban J connectivity index is 3.02. The number of Topliss-reactive ketones (excluding diaryl/α,β-unsaturated/α-hetero) is 1. The van der Waals surface area contributed by atoms with Crippen LogP contribution in [0.25, 0.3) is 0 Å². The minimum atomic E-state index is -0.00367. The van der Waals surface area contributed by atoms with Crippen LogP contribution in [0.2, 0.25) is 0 Å². The lowest BCUT2D eigenvalue weighted by Gasteiger charge is -2.31. The normalized spacial score (nSPS) is 12.2. The number of anilines is 2. The van der Waals surface area contributed by atoms with Gasteiger partial charge in [-0.3, -0.25) is 4.79 Å². The third-order valence-corrected chi connectivity index (χ3v) is 3.41. The number of hydrogen-bond acceptors (Lipinski definition) is 4. The second-order valence-corrected chi connectivity index (χ2v) is 4.77. The van der Waals surface area contributed by atoms with Gasteiger partial charge >= 0.3 is 0 Å². The number of nitrogen functional groups attached to an aromatic ring is 1. The minimum absolute atomic E-state index is 0.00367. The number of nitrogens with zero attached hydrogens (tertiary/aromatic N) is 1. The van der Waals surface area contributed by atoms with Crippen molar-refractivity contribution in [3.05, 3.63) is 23.8 Å². The summed E-state index contributed by atoms with van der Waals surface area (Å²) in [4.78, 5) is 13.6. The van der Waals surface area contributed by atoms with Gasteiger partial charge in [-0.1, -0.05) is 6.92 Å². The largest absolute Gasteiger partial charge is 0.398 e. The number of benzene rings is 1. The lowest BCUT2D eigenvalue weighted by Crippen LogP contribution is -2.35. The molecular formula is C15H24N2O2. The standard InChI is InChI=1S/C15H24N2O2/c1-5-11(2)17(8-9-19-4)13-6-7-14(12(3)18)15(16)10-13/h6-7,10-11H,5,8-9,16H2,1-4H3. The lowest BCUT2D eigenvalue weighted by atomic mass is 10.1.